The first kappa shape index (κ1) is 12.9. The van der Waals surface area contributed by atoms with Crippen molar-refractivity contribution in [2.24, 2.45) is 5.73 Å². The number of hydrogen-bond acceptors (Lipinski definition) is 1. The lowest BCUT2D eigenvalue weighted by Crippen LogP contribution is -2.01. The van der Waals surface area contributed by atoms with Gasteiger partial charge >= 0.3 is 0 Å². The minimum atomic E-state index is 0.603. The van der Waals surface area contributed by atoms with Crippen LogP contribution in [-0.4, -0.2) is 4.57 Å². The van der Waals surface area contributed by atoms with Crippen molar-refractivity contribution in [3.63, 3.8) is 0 Å². The van der Waals surface area contributed by atoms with Crippen molar-refractivity contribution in [1.82, 2.24) is 4.57 Å². The zero-order valence-corrected chi connectivity index (χ0v) is 11.6. The molecule has 2 nitrogen and oxygen atoms in total. The fourth-order valence-corrected chi connectivity index (χ4v) is 2.41. The minimum Gasteiger partial charge on any atom is -0.344 e. The van der Waals surface area contributed by atoms with Crippen molar-refractivity contribution in [1.29, 1.82) is 0 Å². The van der Waals surface area contributed by atoms with Crippen LogP contribution in [0.1, 0.15) is 30.2 Å². The van der Waals surface area contributed by atoms with Gasteiger partial charge in [-0.1, -0.05) is 11.6 Å². The molecule has 2 heteroatoms. The third kappa shape index (κ3) is 2.21. The van der Waals surface area contributed by atoms with Crippen LogP contribution in [0.2, 0.25) is 0 Å². The first-order valence-corrected chi connectivity index (χ1v) is 6.47. The molecular weight excluding hydrogens is 220 g/mol. The van der Waals surface area contributed by atoms with E-state index < -0.39 is 0 Å². The van der Waals surface area contributed by atoms with Crippen LogP contribution in [0.5, 0.6) is 0 Å². The zero-order valence-electron chi connectivity index (χ0n) is 11.6. The molecule has 0 aliphatic carbocycles. The Labute approximate surface area is 109 Å². The quantitative estimate of drug-likeness (QED) is 0.815. The molecule has 0 aliphatic rings. The van der Waals surface area contributed by atoms with Crippen molar-refractivity contribution in [3.8, 4) is 0 Å². The predicted molar refractivity (Wildman–Crippen MR) is 78.7 cm³/mol. The molecule has 0 atom stereocenters. The van der Waals surface area contributed by atoms with Gasteiger partial charge in [-0.2, -0.15) is 0 Å². The summed E-state index contributed by atoms with van der Waals surface area (Å²) in [5.74, 6) is 0. The molecule has 0 bridgehead atoms. The predicted octanol–water partition coefficient (Wildman–Crippen LogP) is 3.68. The Balaban J connectivity index is 2.52. The molecule has 2 N–H and O–H groups in total. The van der Waals surface area contributed by atoms with E-state index in [2.05, 4.69) is 50.1 Å². The third-order valence-electron chi connectivity index (χ3n) is 3.70. The van der Waals surface area contributed by atoms with E-state index in [4.69, 9.17) is 5.73 Å². The van der Waals surface area contributed by atoms with Crippen LogP contribution < -0.4 is 5.73 Å². The number of rotatable bonds is 4. The summed E-state index contributed by atoms with van der Waals surface area (Å²) in [5.41, 5.74) is 12.2. The summed E-state index contributed by atoms with van der Waals surface area (Å²) < 4.78 is 2.39. The van der Waals surface area contributed by atoms with Crippen LogP contribution in [0.4, 0.5) is 0 Å². The van der Waals surface area contributed by atoms with E-state index in [-0.39, 0.29) is 0 Å². The molecule has 2 aromatic rings. The lowest BCUT2D eigenvalue weighted by Gasteiger charge is -2.08. The monoisotopic (exact) mass is 242 g/mol. The fourth-order valence-electron chi connectivity index (χ4n) is 2.41. The summed E-state index contributed by atoms with van der Waals surface area (Å²) in [6.07, 6.45) is 1.03. The molecule has 1 aromatic heterocycles. The molecule has 0 saturated heterocycles. The zero-order chi connectivity index (χ0) is 13.3. The summed E-state index contributed by atoms with van der Waals surface area (Å²) in [7, 11) is 0. The van der Waals surface area contributed by atoms with E-state index in [9.17, 15) is 0 Å². The second-order valence-corrected chi connectivity index (χ2v) is 5.12. The van der Waals surface area contributed by atoms with Gasteiger partial charge in [0, 0.05) is 29.7 Å². The van der Waals surface area contributed by atoms with Gasteiger partial charge in [0.05, 0.1) is 0 Å². The molecule has 0 amide bonds. The van der Waals surface area contributed by atoms with Gasteiger partial charge in [-0.15, -0.1) is 6.58 Å². The Morgan fingerprint density at radius 2 is 2.06 bits per heavy atom. The lowest BCUT2D eigenvalue weighted by atomic mass is 10.1. The van der Waals surface area contributed by atoms with E-state index in [1.54, 1.807) is 0 Å². The molecule has 0 aliphatic heterocycles. The maximum atomic E-state index is 5.72. The maximum Gasteiger partial charge on any atom is 0.0485 e. The fraction of sp³-hybridized carbons (Fsp3) is 0.375. The van der Waals surface area contributed by atoms with E-state index in [1.807, 2.05) is 0 Å². The number of aryl methyl sites for hydroxylation is 2. The Morgan fingerprint density at radius 3 is 2.67 bits per heavy atom. The number of nitrogens with two attached hydrogens (primary N) is 1. The lowest BCUT2D eigenvalue weighted by molar-refractivity contribution is 0.698. The largest absolute Gasteiger partial charge is 0.344 e. The van der Waals surface area contributed by atoms with Gasteiger partial charge in [0.25, 0.3) is 0 Å². The van der Waals surface area contributed by atoms with E-state index in [0.29, 0.717) is 6.54 Å². The Morgan fingerprint density at radius 1 is 1.33 bits per heavy atom. The molecule has 2 rings (SSSR count). The van der Waals surface area contributed by atoms with Crippen LogP contribution in [0, 0.1) is 13.8 Å². The number of aromatic nitrogens is 1. The summed E-state index contributed by atoms with van der Waals surface area (Å²) in [5, 5.41) is 1.33. The topological polar surface area (TPSA) is 30.9 Å². The summed E-state index contributed by atoms with van der Waals surface area (Å²) in [4.78, 5) is 0. The van der Waals surface area contributed by atoms with Crippen LogP contribution in [0.15, 0.2) is 30.4 Å². The highest BCUT2D eigenvalue weighted by atomic mass is 15.0. The normalized spacial score (nSPS) is 11.1. The molecule has 18 heavy (non-hydrogen) atoms. The van der Waals surface area contributed by atoms with Crippen molar-refractivity contribution in [2.45, 2.75) is 40.3 Å². The molecule has 96 valence electrons. The molecule has 0 saturated carbocycles. The second kappa shape index (κ2) is 4.99. The van der Waals surface area contributed by atoms with Crippen molar-refractivity contribution < 1.29 is 0 Å². The molecule has 0 fully saturated rings. The van der Waals surface area contributed by atoms with Crippen LogP contribution >= 0.6 is 0 Å². The first-order valence-electron chi connectivity index (χ1n) is 6.47. The van der Waals surface area contributed by atoms with Gasteiger partial charge in [-0.3, -0.25) is 0 Å². The SMILES string of the molecule is C=C(C)CCn1c(C)c(C)c2cc(CN)ccc21. The Kier molecular flexibility index (Phi) is 3.58. The van der Waals surface area contributed by atoms with Gasteiger partial charge < -0.3 is 10.3 Å². The van der Waals surface area contributed by atoms with Crippen LogP contribution in [-0.2, 0) is 13.1 Å². The van der Waals surface area contributed by atoms with Crippen molar-refractivity contribution >= 4 is 10.9 Å². The molecule has 0 unspecified atom stereocenters. The van der Waals surface area contributed by atoms with Crippen molar-refractivity contribution in [2.75, 3.05) is 0 Å². The van der Waals surface area contributed by atoms with Gasteiger partial charge in [0.15, 0.2) is 0 Å². The first-order chi connectivity index (χ1) is 8.54. The Bertz CT molecular complexity index is 591. The highest BCUT2D eigenvalue weighted by molar-refractivity contribution is 5.86. The number of benzene rings is 1. The van der Waals surface area contributed by atoms with E-state index in [1.165, 1.54) is 33.3 Å². The van der Waals surface area contributed by atoms with Gasteiger partial charge in [-0.25, -0.2) is 0 Å². The highest BCUT2D eigenvalue weighted by Crippen LogP contribution is 2.26. The van der Waals surface area contributed by atoms with E-state index >= 15 is 0 Å². The summed E-state index contributed by atoms with van der Waals surface area (Å²) >= 11 is 0. The number of nitrogens with zero attached hydrogens (tertiary/aromatic N) is 1. The molecule has 0 spiro atoms. The number of hydrogen-bond donors (Lipinski definition) is 1. The minimum absolute atomic E-state index is 0.603. The number of fused-ring (bicyclic) bond motifs is 1. The van der Waals surface area contributed by atoms with Gasteiger partial charge in [0.2, 0.25) is 0 Å². The van der Waals surface area contributed by atoms with Gasteiger partial charge in [-0.05, 0) is 50.5 Å². The van der Waals surface area contributed by atoms with Crippen LogP contribution in [0.25, 0.3) is 10.9 Å². The molecule has 1 aromatic carbocycles. The number of allylic oxidation sites excluding steroid dienone is 1. The molecule has 0 radical (unpaired) electrons. The smallest absolute Gasteiger partial charge is 0.0485 e. The van der Waals surface area contributed by atoms with Gasteiger partial charge in [0.1, 0.15) is 0 Å². The summed E-state index contributed by atoms with van der Waals surface area (Å²) in [6, 6.07) is 6.53. The van der Waals surface area contributed by atoms with Crippen LogP contribution in [0.3, 0.4) is 0 Å². The van der Waals surface area contributed by atoms with E-state index in [0.717, 1.165) is 13.0 Å². The Hall–Kier alpha value is -1.54. The molecule has 1 heterocycles. The standard InChI is InChI=1S/C16H22N2/c1-11(2)7-8-18-13(4)12(3)15-9-14(10-17)5-6-16(15)18/h5-6,9H,1,7-8,10,17H2,2-4H3. The summed E-state index contributed by atoms with van der Waals surface area (Å²) in [6.45, 7) is 12.1. The molecular formula is C16H22N2. The third-order valence-corrected chi connectivity index (χ3v) is 3.70. The highest BCUT2D eigenvalue weighted by Gasteiger charge is 2.10. The maximum absolute atomic E-state index is 5.72. The average molecular weight is 242 g/mol. The second-order valence-electron chi connectivity index (χ2n) is 5.12. The van der Waals surface area contributed by atoms with Crippen molar-refractivity contribution in [3.05, 3.63) is 47.2 Å². The average Bonchev–Trinajstić information content (AvgIpc) is 2.59.